The number of aromatic nitrogens is 4. The van der Waals surface area contributed by atoms with Crippen molar-refractivity contribution in [1.82, 2.24) is 24.9 Å². The lowest BCUT2D eigenvalue weighted by Gasteiger charge is -2.14. The van der Waals surface area contributed by atoms with Crippen molar-refractivity contribution in [3.05, 3.63) is 35.9 Å². The second kappa shape index (κ2) is 5.69. The summed E-state index contributed by atoms with van der Waals surface area (Å²) < 4.78 is 3.60. The highest BCUT2D eigenvalue weighted by atomic mass is 16.2. The number of carbonyl (C=O) groups is 1. The lowest BCUT2D eigenvalue weighted by molar-refractivity contribution is 0.0932. The molecule has 0 spiro atoms. The zero-order chi connectivity index (χ0) is 13.8. The Bertz CT molecular complexity index is 557. The summed E-state index contributed by atoms with van der Waals surface area (Å²) in [6.45, 7) is 7.49. The van der Waals surface area contributed by atoms with Gasteiger partial charge in [-0.05, 0) is 32.9 Å². The third-order valence-electron chi connectivity index (χ3n) is 3.04. The first-order valence-corrected chi connectivity index (χ1v) is 6.51. The van der Waals surface area contributed by atoms with Crippen LogP contribution in [-0.4, -0.2) is 25.5 Å². The van der Waals surface area contributed by atoms with Crippen molar-refractivity contribution in [3.8, 4) is 0 Å². The quantitative estimate of drug-likeness (QED) is 0.889. The molecule has 2 aromatic heterocycles. The number of nitrogens with zero attached hydrogens (tertiary/aromatic N) is 4. The smallest absolute Gasteiger partial charge is 0.272 e. The molecule has 102 valence electrons. The van der Waals surface area contributed by atoms with Crippen molar-refractivity contribution in [2.45, 2.75) is 39.9 Å². The van der Waals surface area contributed by atoms with E-state index in [2.05, 4.69) is 15.5 Å². The standard InChI is InChI=1S/C13H19N5O/c1-4-17-9-7-11(16-17)13(19)15-10(3)12-6-8-14-18(12)5-2/h6-10H,4-5H2,1-3H3,(H,15,19). The van der Waals surface area contributed by atoms with Gasteiger partial charge in [-0.15, -0.1) is 0 Å². The molecule has 19 heavy (non-hydrogen) atoms. The maximum Gasteiger partial charge on any atom is 0.272 e. The van der Waals surface area contributed by atoms with Crippen molar-refractivity contribution in [3.63, 3.8) is 0 Å². The van der Waals surface area contributed by atoms with E-state index in [-0.39, 0.29) is 11.9 Å². The summed E-state index contributed by atoms with van der Waals surface area (Å²) >= 11 is 0. The fourth-order valence-corrected chi connectivity index (χ4v) is 1.98. The van der Waals surface area contributed by atoms with E-state index in [1.807, 2.05) is 31.5 Å². The number of aryl methyl sites for hydroxylation is 2. The summed E-state index contributed by atoms with van der Waals surface area (Å²) in [7, 11) is 0. The van der Waals surface area contributed by atoms with Gasteiger partial charge >= 0.3 is 0 Å². The van der Waals surface area contributed by atoms with Crippen LogP contribution in [0.2, 0.25) is 0 Å². The number of nitrogens with one attached hydrogen (secondary N) is 1. The summed E-state index contributed by atoms with van der Waals surface area (Å²) in [6, 6.07) is 3.55. The van der Waals surface area contributed by atoms with E-state index >= 15 is 0 Å². The molecule has 1 amide bonds. The normalized spacial score (nSPS) is 12.4. The molecule has 2 heterocycles. The summed E-state index contributed by atoms with van der Waals surface area (Å²) in [5.41, 5.74) is 1.43. The first kappa shape index (κ1) is 13.3. The minimum atomic E-state index is -0.163. The highest BCUT2D eigenvalue weighted by Gasteiger charge is 2.16. The van der Waals surface area contributed by atoms with Crippen LogP contribution in [0.15, 0.2) is 24.5 Å². The molecule has 6 nitrogen and oxygen atoms in total. The summed E-state index contributed by atoms with van der Waals surface area (Å²) in [6.07, 6.45) is 3.54. The van der Waals surface area contributed by atoms with Crippen LogP contribution in [-0.2, 0) is 13.1 Å². The summed E-state index contributed by atoms with van der Waals surface area (Å²) in [5, 5.41) is 11.3. The van der Waals surface area contributed by atoms with Crippen molar-refractivity contribution < 1.29 is 4.79 Å². The van der Waals surface area contributed by atoms with E-state index in [9.17, 15) is 4.79 Å². The van der Waals surface area contributed by atoms with Crippen LogP contribution >= 0.6 is 0 Å². The molecule has 0 radical (unpaired) electrons. The van der Waals surface area contributed by atoms with Gasteiger partial charge in [0.15, 0.2) is 0 Å². The monoisotopic (exact) mass is 261 g/mol. The van der Waals surface area contributed by atoms with Crippen molar-refractivity contribution in [1.29, 1.82) is 0 Å². The fourth-order valence-electron chi connectivity index (χ4n) is 1.98. The first-order chi connectivity index (χ1) is 9.15. The Kier molecular flexibility index (Phi) is 3.99. The van der Waals surface area contributed by atoms with E-state index < -0.39 is 0 Å². The first-order valence-electron chi connectivity index (χ1n) is 6.51. The number of amides is 1. The van der Waals surface area contributed by atoms with E-state index in [0.29, 0.717) is 5.69 Å². The molecule has 1 N–H and O–H groups in total. The van der Waals surface area contributed by atoms with Crippen LogP contribution in [0.25, 0.3) is 0 Å². The van der Waals surface area contributed by atoms with Gasteiger partial charge in [-0.2, -0.15) is 10.2 Å². The topological polar surface area (TPSA) is 64.7 Å². The minimum Gasteiger partial charge on any atom is -0.343 e. The predicted molar refractivity (Wildman–Crippen MR) is 71.7 cm³/mol. The Morgan fingerprint density at radius 2 is 2.16 bits per heavy atom. The molecule has 0 fully saturated rings. The van der Waals surface area contributed by atoms with Gasteiger partial charge in [0.25, 0.3) is 5.91 Å². The van der Waals surface area contributed by atoms with E-state index in [0.717, 1.165) is 18.8 Å². The van der Waals surface area contributed by atoms with Crippen LogP contribution in [0.3, 0.4) is 0 Å². The Hall–Kier alpha value is -2.11. The highest BCUT2D eigenvalue weighted by molar-refractivity contribution is 5.92. The molecule has 0 bridgehead atoms. The largest absolute Gasteiger partial charge is 0.343 e. The van der Waals surface area contributed by atoms with E-state index in [4.69, 9.17) is 0 Å². The molecule has 0 aliphatic rings. The molecular weight excluding hydrogens is 242 g/mol. The number of hydrogen-bond acceptors (Lipinski definition) is 3. The third-order valence-corrected chi connectivity index (χ3v) is 3.04. The number of hydrogen-bond donors (Lipinski definition) is 1. The third kappa shape index (κ3) is 2.83. The average molecular weight is 261 g/mol. The van der Waals surface area contributed by atoms with Gasteiger partial charge in [-0.1, -0.05) is 0 Å². The molecule has 0 saturated heterocycles. The lowest BCUT2D eigenvalue weighted by atomic mass is 10.2. The molecule has 0 aliphatic carbocycles. The Balaban J connectivity index is 2.06. The van der Waals surface area contributed by atoms with E-state index in [1.54, 1.807) is 23.1 Å². The van der Waals surface area contributed by atoms with Crippen LogP contribution in [0.5, 0.6) is 0 Å². The number of carbonyl (C=O) groups excluding carboxylic acids is 1. The zero-order valence-corrected chi connectivity index (χ0v) is 11.5. The van der Waals surface area contributed by atoms with Crippen molar-refractivity contribution in [2.75, 3.05) is 0 Å². The van der Waals surface area contributed by atoms with Gasteiger partial charge in [-0.3, -0.25) is 14.2 Å². The summed E-state index contributed by atoms with van der Waals surface area (Å²) in [4.78, 5) is 12.1. The molecule has 2 rings (SSSR count). The maximum atomic E-state index is 12.1. The van der Waals surface area contributed by atoms with Crippen LogP contribution in [0.4, 0.5) is 0 Å². The van der Waals surface area contributed by atoms with Crippen LogP contribution in [0.1, 0.15) is 43.0 Å². The van der Waals surface area contributed by atoms with Crippen molar-refractivity contribution in [2.24, 2.45) is 0 Å². The van der Waals surface area contributed by atoms with Gasteiger partial charge in [0.1, 0.15) is 5.69 Å². The zero-order valence-electron chi connectivity index (χ0n) is 11.5. The minimum absolute atomic E-state index is 0.0956. The Morgan fingerprint density at radius 1 is 1.37 bits per heavy atom. The molecule has 0 aliphatic heterocycles. The van der Waals surface area contributed by atoms with Gasteiger partial charge in [-0.25, -0.2) is 0 Å². The van der Waals surface area contributed by atoms with Crippen LogP contribution in [0, 0.1) is 0 Å². The molecule has 0 saturated carbocycles. The van der Waals surface area contributed by atoms with Gasteiger partial charge in [0.05, 0.1) is 11.7 Å². The SMILES string of the molecule is CCn1ccc(C(=O)NC(C)c2ccnn2CC)n1. The molecule has 2 aromatic rings. The van der Waals surface area contributed by atoms with Crippen LogP contribution < -0.4 is 5.32 Å². The second-order valence-electron chi connectivity index (χ2n) is 4.32. The number of rotatable bonds is 5. The molecule has 1 atom stereocenters. The van der Waals surface area contributed by atoms with E-state index in [1.165, 1.54) is 0 Å². The molecule has 0 aromatic carbocycles. The highest BCUT2D eigenvalue weighted by Crippen LogP contribution is 2.12. The Labute approximate surface area is 112 Å². The maximum absolute atomic E-state index is 12.1. The second-order valence-corrected chi connectivity index (χ2v) is 4.32. The lowest BCUT2D eigenvalue weighted by Crippen LogP contribution is -2.28. The average Bonchev–Trinajstić information content (AvgIpc) is 3.07. The predicted octanol–water partition coefficient (Wildman–Crippen LogP) is 1.61. The van der Waals surface area contributed by atoms with Gasteiger partial charge in [0, 0.05) is 25.5 Å². The molecule has 1 unspecified atom stereocenters. The van der Waals surface area contributed by atoms with Crippen molar-refractivity contribution >= 4 is 5.91 Å². The molecule has 6 heteroatoms. The molecular formula is C13H19N5O. The van der Waals surface area contributed by atoms with Gasteiger partial charge < -0.3 is 5.32 Å². The fraction of sp³-hybridized carbons (Fsp3) is 0.462. The van der Waals surface area contributed by atoms with Gasteiger partial charge in [0.2, 0.25) is 0 Å². The Morgan fingerprint density at radius 3 is 2.79 bits per heavy atom. The summed E-state index contributed by atoms with van der Waals surface area (Å²) in [5.74, 6) is -0.163.